The van der Waals surface area contributed by atoms with Gasteiger partial charge < -0.3 is 5.32 Å². The molecule has 1 amide bonds. The Hall–Kier alpha value is -1.31. The lowest BCUT2D eigenvalue weighted by molar-refractivity contribution is -0.128. The fourth-order valence-corrected chi connectivity index (χ4v) is 7.75. The number of hydrogen-bond donors (Lipinski definition) is 1. The highest BCUT2D eigenvalue weighted by molar-refractivity contribution is 5.84. The summed E-state index contributed by atoms with van der Waals surface area (Å²) in [5.74, 6) is 3.69. The van der Waals surface area contributed by atoms with Crippen LogP contribution in [0.25, 0.3) is 0 Å². The first kappa shape index (κ1) is 17.8. The number of carbonyl (C=O) groups is 1. The molecule has 0 heterocycles. The molecule has 0 aromatic heterocycles. The maximum absolute atomic E-state index is 13.5. The highest BCUT2D eigenvalue weighted by Crippen LogP contribution is 2.61. The zero-order valence-corrected chi connectivity index (χ0v) is 16.8. The van der Waals surface area contributed by atoms with E-state index >= 15 is 0 Å². The second-order valence-electron chi connectivity index (χ2n) is 10.4. The summed E-state index contributed by atoms with van der Waals surface area (Å²) in [6.07, 6.45) is 13.5. The van der Waals surface area contributed by atoms with E-state index in [1.165, 1.54) is 69.8 Å². The Labute approximate surface area is 164 Å². The molecule has 6 rings (SSSR count). The van der Waals surface area contributed by atoms with Crippen LogP contribution in [-0.4, -0.2) is 11.9 Å². The molecule has 0 saturated heterocycles. The molecule has 1 aromatic rings. The summed E-state index contributed by atoms with van der Waals surface area (Å²) in [4.78, 5) is 13.5. The van der Waals surface area contributed by atoms with Crippen molar-refractivity contribution in [3.63, 3.8) is 0 Å². The van der Waals surface area contributed by atoms with Gasteiger partial charge in [0.15, 0.2) is 0 Å². The van der Waals surface area contributed by atoms with Gasteiger partial charge in [0.1, 0.15) is 0 Å². The quantitative estimate of drug-likeness (QED) is 0.714. The third kappa shape index (κ3) is 3.23. The molecule has 5 saturated carbocycles. The van der Waals surface area contributed by atoms with Crippen LogP contribution < -0.4 is 5.32 Å². The fourth-order valence-electron chi connectivity index (χ4n) is 7.75. The summed E-state index contributed by atoms with van der Waals surface area (Å²) in [7, 11) is 0. The van der Waals surface area contributed by atoms with E-state index in [0.29, 0.717) is 23.3 Å². The van der Waals surface area contributed by atoms with E-state index in [0.717, 1.165) is 17.8 Å². The number of hydrogen-bond acceptors (Lipinski definition) is 1. The van der Waals surface area contributed by atoms with E-state index in [9.17, 15) is 4.79 Å². The minimum atomic E-state index is 0.0464. The standard InChI is InChI=1S/C25H35NO/c1-17(25-14-18-11-19(15-25)13-20(12-18)16-25)26-24(27)23(22-9-5-6-10-22)21-7-3-2-4-8-21/h2-4,7-8,17-20,22-23H,5-6,9-16H2,1H3,(H,26,27). The third-order valence-electron chi connectivity index (χ3n) is 8.68. The SMILES string of the molecule is CC(NC(=O)C(c1ccccc1)C1CCCC1)C12CC3CC(CC(C3)C1)C2. The molecule has 2 atom stereocenters. The Morgan fingerprint density at radius 1 is 0.963 bits per heavy atom. The molecule has 0 aliphatic heterocycles. The van der Waals surface area contributed by atoms with E-state index in [1.807, 2.05) is 0 Å². The van der Waals surface area contributed by atoms with Crippen molar-refractivity contribution in [1.29, 1.82) is 0 Å². The van der Waals surface area contributed by atoms with Gasteiger partial charge in [0.05, 0.1) is 5.92 Å². The van der Waals surface area contributed by atoms with Crippen molar-refractivity contribution in [3.05, 3.63) is 35.9 Å². The van der Waals surface area contributed by atoms with Crippen molar-refractivity contribution in [2.24, 2.45) is 29.1 Å². The number of nitrogens with one attached hydrogen (secondary N) is 1. The van der Waals surface area contributed by atoms with Gasteiger partial charge in [-0.3, -0.25) is 4.79 Å². The van der Waals surface area contributed by atoms with Crippen LogP contribution in [0, 0.1) is 29.1 Å². The molecule has 5 aliphatic rings. The number of rotatable bonds is 5. The average Bonchev–Trinajstić information content (AvgIpc) is 3.16. The molecule has 5 fully saturated rings. The average molecular weight is 366 g/mol. The number of benzene rings is 1. The molecule has 2 heteroatoms. The smallest absolute Gasteiger partial charge is 0.228 e. The van der Waals surface area contributed by atoms with Crippen molar-refractivity contribution in [2.75, 3.05) is 0 Å². The van der Waals surface area contributed by atoms with Gasteiger partial charge in [-0.2, -0.15) is 0 Å². The maximum Gasteiger partial charge on any atom is 0.228 e. The summed E-state index contributed by atoms with van der Waals surface area (Å²) in [5, 5.41) is 3.57. The Kier molecular flexibility index (Phi) is 4.57. The first-order chi connectivity index (χ1) is 13.1. The van der Waals surface area contributed by atoms with E-state index in [1.54, 1.807) is 0 Å². The van der Waals surface area contributed by atoms with Crippen molar-refractivity contribution in [1.82, 2.24) is 5.32 Å². The first-order valence-corrected chi connectivity index (χ1v) is 11.5. The fraction of sp³-hybridized carbons (Fsp3) is 0.720. The molecule has 2 unspecified atom stereocenters. The number of amides is 1. The second kappa shape index (κ2) is 6.94. The molecule has 27 heavy (non-hydrogen) atoms. The van der Waals surface area contributed by atoms with Gasteiger partial charge in [0.2, 0.25) is 5.91 Å². The molecule has 146 valence electrons. The maximum atomic E-state index is 13.5. The normalized spacial score (nSPS) is 37.3. The van der Waals surface area contributed by atoms with E-state index in [2.05, 4.69) is 42.6 Å². The van der Waals surface area contributed by atoms with Crippen LogP contribution in [0.3, 0.4) is 0 Å². The van der Waals surface area contributed by atoms with Crippen LogP contribution in [0.4, 0.5) is 0 Å². The molecular weight excluding hydrogens is 330 g/mol. The van der Waals surface area contributed by atoms with Crippen molar-refractivity contribution in [2.45, 2.75) is 83.1 Å². The lowest BCUT2D eigenvalue weighted by Gasteiger charge is -2.59. The first-order valence-electron chi connectivity index (χ1n) is 11.5. The Morgan fingerprint density at radius 3 is 2.07 bits per heavy atom. The Balaban J connectivity index is 1.35. The van der Waals surface area contributed by atoms with Gasteiger partial charge in [0, 0.05) is 6.04 Å². The van der Waals surface area contributed by atoms with Crippen LogP contribution in [-0.2, 0) is 4.79 Å². The highest BCUT2D eigenvalue weighted by atomic mass is 16.2. The molecule has 4 bridgehead atoms. The summed E-state index contributed by atoms with van der Waals surface area (Å²) in [6, 6.07) is 10.9. The van der Waals surface area contributed by atoms with E-state index < -0.39 is 0 Å². The summed E-state index contributed by atoms with van der Waals surface area (Å²) in [5.41, 5.74) is 1.61. The van der Waals surface area contributed by atoms with Crippen LogP contribution >= 0.6 is 0 Å². The molecule has 1 N–H and O–H groups in total. The largest absolute Gasteiger partial charge is 0.353 e. The Morgan fingerprint density at radius 2 is 1.52 bits per heavy atom. The highest BCUT2D eigenvalue weighted by Gasteiger charge is 2.53. The topological polar surface area (TPSA) is 29.1 Å². The predicted molar refractivity (Wildman–Crippen MR) is 109 cm³/mol. The monoisotopic (exact) mass is 365 g/mol. The lowest BCUT2D eigenvalue weighted by Crippen LogP contribution is -2.56. The third-order valence-corrected chi connectivity index (χ3v) is 8.68. The van der Waals surface area contributed by atoms with Gasteiger partial charge >= 0.3 is 0 Å². The van der Waals surface area contributed by atoms with Gasteiger partial charge in [-0.05, 0) is 92.9 Å². The summed E-state index contributed by atoms with van der Waals surface area (Å²) in [6.45, 7) is 2.32. The van der Waals surface area contributed by atoms with Gasteiger partial charge in [-0.25, -0.2) is 0 Å². The van der Waals surface area contributed by atoms with Crippen LogP contribution in [0.2, 0.25) is 0 Å². The zero-order chi connectivity index (χ0) is 18.4. The molecule has 0 radical (unpaired) electrons. The Bertz CT molecular complexity index is 640. The van der Waals surface area contributed by atoms with E-state index in [-0.39, 0.29) is 5.92 Å². The van der Waals surface area contributed by atoms with Crippen LogP contribution in [0.15, 0.2) is 30.3 Å². The van der Waals surface area contributed by atoms with E-state index in [4.69, 9.17) is 0 Å². The minimum absolute atomic E-state index is 0.0464. The van der Waals surface area contributed by atoms with Crippen molar-refractivity contribution in [3.8, 4) is 0 Å². The zero-order valence-electron chi connectivity index (χ0n) is 16.8. The molecule has 2 nitrogen and oxygen atoms in total. The summed E-state index contributed by atoms with van der Waals surface area (Å²) >= 11 is 0. The molecular formula is C25H35NO. The van der Waals surface area contributed by atoms with Crippen LogP contribution in [0.1, 0.15) is 82.6 Å². The minimum Gasteiger partial charge on any atom is -0.353 e. The molecule has 0 spiro atoms. The van der Waals surface area contributed by atoms with Gasteiger partial charge in [0.25, 0.3) is 0 Å². The van der Waals surface area contributed by atoms with Gasteiger partial charge in [-0.15, -0.1) is 0 Å². The predicted octanol–water partition coefficient (Wildman–Crippen LogP) is 5.68. The number of carbonyl (C=O) groups excluding carboxylic acids is 1. The van der Waals surface area contributed by atoms with Crippen LogP contribution in [0.5, 0.6) is 0 Å². The van der Waals surface area contributed by atoms with Gasteiger partial charge in [-0.1, -0.05) is 43.2 Å². The van der Waals surface area contributed by atoms with Crippen molar-refractivity contribution >= 4 is 5.91 Å². The lowest BCUT2D eigenvalue weighted by atomic mass is 9.48. The molecule has 5 aliphatic carbocycles. The van der Waals surface area contributed by atoms with Crippen molar-refractivity contribution < 1.29 is 4.79 Å². The summed E-state index contributed by atoms with van der Waals surface area (Å²) < 4.78 is 0. The second-order valence-corrected chi connectivity index (χ2v) is 10.4. The molecule has 1 aromatic carbocycles.